The highest BCUT2D eigenvalue weighted by atomic mass is 19.4. The molecule has 3 heterocycles. The summed E-state index contributed by atoms with van der Waals surface area (Å²) in [6.07, 6.45) is -0.503. The van der Waals surface area contributed by atoms with Crippen LogP contribution in [0.3, 0.4) is 0 Å². The molecule has 1 aromatic heterocycles. The molecule has 0 aliphatic carbocycles. The van der Waals surface area contributed by atoms with Crippen LogP contribution in [-0.4, -0.2) is 40.9 Å². The zero-order valence-electron chi connectivity index (χ0n) is 17.5. The lowest BCUT2D eigenvalue weighted by Crippen LogP contribution is -2.12. The fourth-order valence-corrected chi connectivity index (χ4v) is 4.24. The fraction of sp³-hybridized carbons (Fsp3) is 0.250. The molecule has 0 saturated carbocycles. The van der Waals surface area contributed by atoms with Gasteiger partial charge < -0.3 is 15.2 Å². The van der Waals surface area contributed by atoms with Gasteiger partial charge in [-0.25, -0.2) is 0 Å². The molecule has 0 fully saturated rings. The van der Waals surface area contributed by atoms with Gasteiger partial charge in [-0.2, -0.15) is 13.2 Å². The van der Waals surface area contributed by atoms with Crippen molar-refractivity contribution in [3.8, 4) is 22.8 Å². The number of nitrogens with one attached hydrogen (secondary N) is 2. The molecule has 3 aromatic rings. The van der Waals surface area contributed by atoms with Crippen LogP contribution < -0.4 is 10.6 Å². The Hall–Kier alpha value is -3.23. The predicted octanol–water partition coefficient (Wildman–Crippen LogP) is 4.14. The smallest absolute Gasteiger partial charge is 0.310 e. The Morgan fingerprint density at radius 1 is 0.781 bits per heavy atom. The lowest BCUT2D eigenvalue weighted by atomic mass is 9.97. The first-order valence-electron chi connectivity index (χ1n) is 10.4. The molecule has 8 heteroatoms. The SMILES string of the molecule is Cn1c(-c2ccc(C3=CCNC3)cc2)nnc1-c1ccc(C2=CCNC2)c(C(F)(F)F)c1. The highest BCUT2D eigenvalue weighted by Gasteiger charge is 2.35. The first kappa shape index (κ1) is 20.7. The first-order valence-corrected chi connectivity index (χ1v) is 10.4. The van der Waals surface area contributed by atoms with E-state index in [4.69, 9.17) is 0 Å². The number of aromatic nitrogens is 3. The molecule has 2 aliphatic rings. The molecule has 32 heavy (non-hydrogen) atoms. The van der Waals surface area contributed by atoms with E-state index >= 15 is 0 Å². The van der Waals surface area contributed by atoms with Crippen molar-refractivity contribution in [1.82, 2.24) is 25.4 Å². The Morgan fingerprint density at radius 2 is 1.34 bits per heavy atom. The van der Waals surface area contributed by atoms with E-state index in [0.717, 1.165) is 24.2 Å². The fourth-order valence-electron chi connectivity index (χ4n) is 4.24. The topological polar surface area (TPSA) is 54.8 Å². The minimum Gasteiger partial charge on any atom is -0.310 e. The van der Waals surface area contributed by atoms with Crippen molar-refractivity contribution < 1.29 is 13.2 Å². The lowest BCUT2D eigenvalue weighted by Gasteiger charge is -2.15. The van der Waals surface area contributed by atoms with Crippen molar-refractivity contribution in [2.75, 3.05) is 26.2 Å². The molecular weight excluding hydrogens is 415 g/mol. The van der Waals surface area contributed by atoms with Gasteiger partial charge in [-0.3, -0.25) is 0 Å². The minimum absolute atomic E-state index is 0.208. The molecule has 164 valence electrons. The molecule has 0 amide bonds. The van der Waals surface area contributed by atoms with E-state index in [1.54, 1.807) is 23.8 Å². The van der Waals surface area contributed by atoms with Crippen molar-refractivity contribution >= 4 is 11.1 Å². The van der Waals surface area contributed by atoms with Gasteiger partial charge in [-0.1, -0.05) is 48.6 Å². The van der Waals surface area contributed by atoms with E-state index in [0.29, 0.717) is 35.9 Å². The number of hydrogen-bond acceptors (Lipinski definition) is 4. The van der Waals surface area contributed by atoms with E-state index in [1.807, 2.05) is 24.3 Å². The van der Waals surface area contributed by atoms with Crippen molar-refractivity contribution in [1.29, 1.82) is 0 Å². The molecule has 5 rings (SSSR count). The van der Waals surface area contributed by atoms with E-state index in [-0.39, 0.29) is 5.56 Å². The van der Waals surface area contributed by atoms with Gasteiger partial charge in [-0.05, 0) is 28.3 Å². The maximum atomic E-state index is 13.8. The summed E-state index contributed by atoms with van der Waals surface area (Å²) in [7, 11) is 1.77. The molecule has 0 radical (unpaired) electrons. The number of hydrogen-bond donors (Lipinski definition) is 2. The summed E-state index contributed by atoms with van der Waals surface area (Å²) in [6.45, 7) is 2.72. The van der Waals surface area contributed by atoms with Gasteiger partial charge in [0.2, 0.25) is 0 Å². The van der Waals surface area contributed by atoms with E-state index in [2.05, 4.69) is 26.9 Å². The highest BCUT2D eigenvalue weighted by molar-refractivity contribution is 5.75. The van der Waals surface area contributed by atoms with E-state index in [1.165, 1.54) is 17.7 Å². The van der Waals surface area contributed by atoms with Crippen LogP contribution in [0, 0.1) is 0 Å². The maximum absolute atomic E-state index is 13.8. The molecule has 0 atom stereocenters. The van der Waals surface area contributed by atoms with Gasteiger partial charge in [0.1, 0.15) is 0 Å². The quantitative estimate of drug-likeness (QED) is 0.644. The molecule has 0 spiro atoms. The number of alkyl halides is 3. The number of benzene rings is 2. The van der Waals surface area contributed by atoms with Crippen LogP contribution in [0.4, 0.5) is 13.2 Å². The molecule has 2 N–H and O–H groups in total. The molecular formula is C24H22F3N5. The van der Waals surface area contributed by atoms with Crippen LogP contribution in [0.1, 0.15) is 16.7 Å². The summed E-state index contributed by atoms with van der Waals surface area (Å²) in [5.41, 5.74) is 3.85. The van der Waals surface area contributed by atoms with Crippen LogP contribution in [0.5, 0.6) is 0 Å². The predicted molar refractivity (Wildman–Crippen MR) is 119 cm³/mol. The Kier molecular flexibility index (Phi) is 5.19. The van der Waals surface area contributed by atoms with Crippen LogP contribution in [0.25, 0.3) is 33.9 Å². The second kappa shape index (κ2) is 8.03. The van der Waals surface area contributed by atoms with Gasteiger partial charge in [0.15, 0.2) is 11.6 Å². The van der Waals surface area contributed by atoms with Gasteiger partial charge in [0, 0.05) is 44.4 Å². The molecule has 2 aromatic carbocycles. The average Bonchev–Trinajstić information content (AvgIpc) is 3.55. The third-order valence-electron chi connectivity index (χ3n) is 5.93. The molecule has 0 unspecified atom stereocenters. The van der Waals surface area contributed by atoms with E-state index in [9.17, 15) is 13.2 Å². The van der Waals surface area contributed by atoms with Gasteiger partial charge >= 0.3 is 6.18 Å². The molecule has 0 bridgehead atoms. The summed E-state index contributed by atoms with van der Waals surface area (Å²) < 4.78 is 43.2. The third kappa shape index (κ3) is 3.76. The summed E-state index contributed by atoms with van der Waals surface area (Å²) in [4.78, 5) is 0. The average molecular weight is 437 g/mol. The van der Waals surface area contributed by atoms with E-state index < -0.39 is 11.7 Å². The summed E-state index contributed by atoms with van der Waals surface area (Å²) in [5.74, 6) is 0.993. The van der Waals surface area contributed by atoms with Crippen LogP contribution in [0.15, 0.2) is 54.6 Å². The monoisotopic (exact) mass is 437 g/mol. The minimum atomic E-state index is -4.46. The van der Waals surface area contributed by atoms with Crippen molar-refractivity contribution in [3.63, 3.8) is 0 Å². The van der Waals surface area contributed by atoms with Crippen LogP contribution in [-0.2, 0) is 13.2 Å². The Balaban J connectivity index is 1.50. The van der Waals surface area contributed by atoms with Crippen molar-refractivity contribution in [2.24, 2.45) is 7.05 Å². The zero-order chi connectivity index (χ0) is 22.3. The highest BCUT2D eigenvalue weighted by Crippen LogP contribution is 2.38. The number of rotatable bonds is 4. The lowest BCUT2D eigenvalue weighted by molar-refractivity contribution is -0.137. The van der Waals surface area contributed by atoms with Crippen molar-refractivity contribution in [3.05, 3.63) is 71.3 Å². The molecule has 2 aliphatic heterocycles. The van der Waals surface area contributed by atoms with Gasteiger partial charge in [0.25, 0.3) is 0 Å². The first-order chi connectivity index (χ1) is 15.4. The normalized spacial score (nSPS) is 16.4. The Bertz CT molecular complexity index is 1220. The Morgan fingerprint density at radius 3 is 1.94 bits per heavy atom. The Labute approximate surface area is 183 Å². The number of nitrogens with zero attached hydrogens (tertiary/aromatic N) is 3. The number of halogens is 3. The van der Waals surface area contributed by atoms with Crippen LogP contribution in [0.2, 0.25) is 0 Å². The zero-order valence-corrected chi connectivity index (χ0v) is 17.5. The summed E-state index contributed by atoms with van der Waals surface area (Å²) >= 11 is 0. The maximum Gasteiger partial charge on any atom is 0.417 e. The third-order valence-corrected chi connectivity index (χ3v) is 5.93. The summed E-state index contributed by atoms with van der Waals surface area (Å²) in [5, 5.41) is 14.8. The second-order valence-electron chi connectivity index (χ2n) is 7.96. The standard InChI is InChI=1S/C24H22F3N5/c1-32-22(16-4-2-15(3-5-16)18-8-10-28-13-18)30-31-23(32)17-6-7-20(19-9-11-29-14-19)21(12-17)24(25,26)27/h2-9,12,28-29H,10-11,13-14H2,1H3. The van der Waals surface area contributed by atoms with Gasteiger partial charge in [0.05, 0.1) is 5.56 Å². The summed E-state index contributed by atoms with van der Waals surface area (Å²) in [6, 6.07) is 12.4. The molecule has 0 saturated heterocycles. The molecule has 5 nitrogen and oxygen atoms in total. The second-order valence-corrected chi connectivity index (χ2v) is 7.96. The largest absolute Gasteiger partial charge is 0.417 e. The van der Waals surface area contributed by atoms with Crippen molar-refractivity contribution in [2.45, 2.75) is 6.18 Å². The van der Waals surface area contributed by atoms with Gasteiger partial charge in [-0.15, -0.1) is 10.2 Å². The van der Waals surface area contributed by atoms with Crippen LogP contribution >= 0.6 is 0 Å².